The second-order valence-electron chi connectivity index (χ2n) is 12.7. The molecule has 1 aliphatic carbocycles. The van der Waals surface area contributed by atoms with Crippen LogP contribution >= 0.6 is 0 Å². The van der Waals surface area contributed by atoms with E-state index in [-0.39, 0.29) is 53.0 Å². The highest BCUT2D eigenvalue weighted by Crippen LogP contribution is 2.50. The molecule has 1 amide bonds. The molecule has 0 bridgehead atoms. The van der Waals surface area contributed by atoms with Crippen LogP contribution in [0.25, 0.3) is 11.3 Å². The summed E-state index contributed by atoms with van der Waals surface area (Å²) in [7, 11) is 4.94. The van der Waals surface area contributed by atoms with Crippen LogP contribution in [0.3, 0.4) is 0 Å². The number of carbonyl (C=O) groups is 3. The summed E-state index contributed by atoms with van der Waals surface area (Å²) in [5.41, 5.74) is 9.11. The number of carbonyl (C=O) groups excluding carboxylic acids is 3. The van der Waals surface area contributed by atoms with E-state index in [0.29, 0.717) is 59.8 Å². The molecule has 3 N–H and O–H groups in total. The van der Waals surface area contributed by atoms with E-state index in [9.17, 15) is 14.4 Å². The Bertz CT molecular complexity index is 1590. The number of Topliss-reactive ketones (excluding diaryl/α,β-unsaturated/α-hetero) is 1. The lowest BCUT2D eigenvalue weighted by atomic mass is 9.70. The van der Waals surface area contributed by atoms with Gasteiger partial charge in [-0.3, -0.25) is 19.8 Å². The molecule has 0 saturated carbocycles. The Hall–Kier alpha value is -4.31. The van der Waals surface area contributed by atoms with Crippen molar-refractivity contribution in [1.82, 2.24) is 9.88 Å². The van der Waals surface area contributed by atoms with Crippen LogP contribution in [-0.2, 0) is 30.3 Å². The standard InChI is InChI=1S/C34H39N3O6.CH5N/c1-18(2)30-31-29(33(40)37(30)6)22(28-25(39)15-34(4,5)16-27(28)43-31)12-11-21-19(3)20(13-14-26(21)41-7)23-9-8-10-24(36-23)32(35)42-17-38;1-2/h8-10,13-14,17-18,22,30,35H,11-12,15-16H2,1-7H3;2H2,1H3/t22-,30+;/m0./s1. The van der Waals surface area contributed by atoms with E-state index in [1.165, 1.54) is 7.05 Å². The first-order chi connectivity index (χ1) is 21.4. The Morgan fingerprint density at radius 3 is 2.53 bits per heavy atom. The predicted octanol–water partition coefficient (Wildman–Crippen LogP) is 5.11. The molecule has 0 saturated heterocycles. The van der Waals surface area contributed by atoms with Gasteiger partial charge >= 0.3 is 0 Å². The Balaban J connectivity index is 0.00000226. The van der Waals surface area contributed by atoms with Crippen molar-refractivity contribution in [1.29, 1.82) is 5.41 Å². The Labute approximate surface area is 265 Å². The second-order valence-corrected chi connectivity index (χ2v) is 12.7. The second kappa shape index (κ2) is 13.4. The molecule has 240 valence electrons. The van der Waals surface area contributed by atoms with E-state index in [1.807, 2.05) is 32.2 Å². The summed E-state index contributed by atoms with van der Waals surface area (Å²) >= 11 is 0. The molecule has 2 atom stereocenters. The molecular formula is C35H44N4O6. The van der Waals surface area contributed by atoms with Crippen molar-refractivity contribution in [3.05, 3.63) is 69.8 Å². The Morgan fingerprint density at radius 1 is 1.18 bits per heavy atom. The van der Waals surface area contributed by atoms with Crippen LogP contribution in [0.4, 0.5) is 0 Å². The average Bonchev–Trinajstić information content (AvgIpc) is 3.25. The van der Waals surface area contributed by atoms with E-state index < -0.39 is 0 Å². The van der Waals surface area contributed by atoms with Crippen LogP contribution in [0.15, 0.2) is 53.0 Å². The maximum absolute atomic E-state index is 13.7. The zero-order chi connectivity index (χ0) is 33.2. The van der Waals surface area contributed by atoms with Crippen LogP contribution in [0, 0.1) is 29.6 Å². The van der Waals surface area contributed by atoms with Crippen LogP contribution < -0.4 is 10.5 Å². The number of pyridine rings is 1. The monoisotopic (exact) mass is 616 g/mol. The first-order valence-electron chi connectivity index (χ1n) is 15.2. The minimum Gasteiger partial charge on any atom is -0.496 e. The third kappa shape index (κ3) is 6.29. The third-order valence-corrected chi connectivity index (χ3v) is 8.82. The van der Waals surface area contributed by atoms with E-state index in [2.05, 4.69) is 38.4 Å². The fraction of sp³-hybridized carbons (Fsp3) is 0.457. The number of ketones is 1. The lowest BCUT2D eigenvalue weighted by Crippen LogP contribution is -2.36. The van der Waals surface area contributed by atoms with Crippen LogP contribution in [0.1, 0.15) is 63.8 Å². The van der Waals surface area contributed by atoms with Crippen molar-refractivity contribution in [2.75, 3.05) is 21.2 Å². The van der Waals surface area contributed by atoms with Crippen molar-refractivity contribution < 1.29 is 28.6 Å². The SMILES string of the molecule is CN.COc1ccc(-c2cccc(C(=N)OC=O)n2)c(C)c1CC[C@H]1C2=C(CC(C)(C)CC2=O)OC2=C1C(=O)N(C)[C@@H]2C(C)C. The minimum absolute atomic E-state index is 0.0460. The molecule has 5 rings (SSSR count). The molecular weight excluding hydrogens is 572 g/mol. The fourth-order valence-corrected chi connectivity index (χ4v) is 6.89. The number of likely N-dealkylation sites (N-methyl/N-ethyl adjacent to an activating group) is 1. The molecule has 0 unspecified atom stereocenters. The molecule has 1 aromatic carbocycles. The normalized spacial score (nSPS) is 20.3. The van der Waals surface area contributed by atoms with Gasteiger partial charge in [0.1, 0.15) is 23.0 Å². The van der Waals surface area contributed by atoms with Gasteiger partial charge in [-0.05, 0) is 73.5 Å². The number of benzene rings is 1. The minimum atomic E-state index is -0.378. The van der Waals surface area contributed by atoms with E-state index in [1.54, 1.807) is 24.1 Å². The lowest BCUT2D eigenvalue weighted by Gasteiger charge is -2.38. The molecule has 0 radical (unpaired) electrons. The first kappa shape index (κ1) is 33.6. The number of nitrogens with zero attached hydrogens (tertiary/aromatic N) is 2. The molecule has 0 fully saturated rings. The highest BCUT2D eigenvalue weighted by molar-refractivity contribution is 6.04. The number of nitrogens with two attached hydrogens (primary N) is 1. The number of nitrogens with one attached hydrogen (secondary N) is 1. The number of ether oxygens (including phenoxy) is 3. The Morgan fingerprint density at radius 2 is 1.89 bits per heavy atom. The number of amides is 1. The van der Waals surface area contributed by atoms with Gasteiger partial charge in [-0.2, -0.15) is 0 Å². The van der Waals surface area contributed by atoms with E-state index in [4.69, 9.17) is 19.6 Å². The van der Waals surface area contributed by atoms with Gasteiger partial charge in [-0.1, -0.05) is 33.8 Å². The van der Waals surface area contributed by atoms with Gasteiger partial charge in [-0.15, -0.1) is 0 Å². The summed E-state index contributed by atoms with van der Waals surface area (Å²) in [5.74, 6) is 1.50. The molecule has 45 heavy (non-hydrogen) atoms. The number of hydrogen-bond donors (Lipinski definition) is 2. The molecule has 2 aliphatic heterocycles. The third-order valence-electron chi connectivity index (χ3n) is 8.82. The van der Waals surface area contributed by atoms with Gasteiger partial charge in [0.05, 0.1) is 24.4 Å². The first-order valence-corrected chi connectivity index (χ1v) is 15.2. The highest BCUT2D eigenvalue weighted by Gasteiger charge is 2.50. The van der Waals surface area contributed by atoms with Crippen molar-refractivity contribution in [2.45, 2.75) is 66.3 Å². The zero-order valence-corrected chi connectivity index (χ0v) is 27.4. The molecule has 3 aliphatic rings. The summed E-state index contributed by atoms with van der Waals surface area (Å²) in [6, 6.07) is 8.83. The van der Waals surface area contributed by atoms with Gasteiger partial charge in [0, 0.05) is 36.9 Å². The van der Waals surface area contributed by atoms with Crippen molar-refractivity contribution in [3.8, 4) is 17.0 Å². The van der Waals surface area contributed by atoms with Gasteiger partial charge in [0.25, 0.3) is 12.4 Å². The maximum Gasteiger partial charge on any atom is 0.299 e. The average molecular weight is 617 g/mol. The van der Waals surface area contributed by atoms with Crippen molar-refractivity contribution in [2.24, 2.45) is 23.0 Å². The van der Waals surface area contributed by atoms with Gasteiger partial charge in [-0.25, -0.2) is 4.98 Å². The summed E-state index contributed by atoms with van der Waals surface area (Å²) in [4.78, 5) is 44.4. The summed E-state index contributed by atoms with van der Waals surface area (Å²) in [6.07, 6.45) is 2.13. The molecule has 10 nitrogen and oxygen atoms in total. The zero-order valence-electron chi connectivity index (χ0n) is 27.4. The molecule has 0 spiro atoms. The lowest BCUT2D eigenvalue weighted by molar-refractivity contribution is -0.126. The van der Waals surface area contributed by atoms with E-state index in [0.717, 1.165) is 16.7 Å². The summed E-state index contributed by atoms with van der Waals surface area (Å²) in [5, 5.41) is 7.96. The van der Waals surface area contributed by atoms with Gasteiger partial charge < -0.3 is 24.8 Å². The quantitative estimate of drug-likeness (QED) is 0.236. The van der Waals surface area contributed by atoms with Crippen LogP contribution in [0.5, 0.6) is 5.75 Å². The number of allylic oxidation sites excluding steroid dienone is 2. The smallest absolute Gasteiger partial charge is 0.299 e. The van der Waals surface area contributed by atoms with E-state index >= 15 is 0 Å². The topological polar surface area (TPSA) is 145 Å². The Kier molecular flexibility index (Phi) is 9.97. The largest absolute Gasteiger partial charge is 0.496 e. The highest BCUT2D eigenvalue weighted by atomic mass is 16.5. The van der Waals surface area contributed by atoms with Gasteiger partial charge in [0.2, 0.25) is 5.90 Å². The van der Waals surface area contributed by atoms with Crippen LogP contribution in [-0.4, -0.2) is 61.2 Å². The molecule has 10 heteroatoms. The molecule has 1 aromatic heterocycles. The van der Waals surface area contributed by atoms with Crippen molar-refractivity contribution in [3.63, 3.8) is 0 Å². The maximum atomic E-state index is 13.7. The molecule has 3 heterocycles. The van der Waals surface area contributed by atoms with Crippen LogP contribution in [0.2, 0.25) is 0 Å². The van der Waals surface area contributed by atoms with Gasteiger partial charge in [0.15, 0.2) is 5.78 Å². The summed E-state index contributed by atoms with van der Waals surface area (Å²) in [6.45, 7) is 10.5. The summed E-state index contributed by atoms with van der Waals surface area (Å²) < 4.78 is 17.0. The molecule has 2 aromatic rings. The van der Waals surface area contributed by atoms with Crippen molar-refractivity contribution >= 4 is 24.1 Å². The number of methoxy groups -OCH3 is 1. The number of aromatic nitrogens is 1. The predicted molar refractivity (Wildman–Crippen MR) is 171 cm³/mol. The number of rotatable bonds is 8. The number of hydrogen-bond acceptors (Lipinski definition) is 9. The fourth-order valence-electron chi connectivity index (χ4n) is 6.89.